The van der Waals surface area contributed by atoms with E-state index in [0.717, 1.165) is 34.2 Å². The molecule has 1 aromatic carbocycles. The van der Waals surface area contributed by atoms with Crippen LogP contribution in [-0.4, -0.2) is 33.6 Å². The maximum absolute atomic E-state index is 11.8. The lowest BCUT2D eigenvalue weighted by molar-refractivity contribution is -0.138. The number of carboxylic acids is 1. The molecule has 4 rings (SSSR count). The van der Waals surface area contributed by atoms with Gasteiger partial charge in [0, 0.05) is 17.0 Å². The van der Waals surface area contributed by atoms with E-state index in [-0.39, 0.29) is 5.28 Å². The minimum absolute atomic E-state index is 0.161. The topological polar surface area (TPSA) is 66.3 Å². The largest absolute Gasteiger partial charge is 0.480 e. The Morgan fingerprint density at radius 1 is 1.32 bits per heavy atom. The second-order valence-corrected chi connectivity index (χ2v) is 8.66. The Hall–Kier alpha value is -2.18. The Morgan fingerprint density at radius 2 is 2.11 bits per heavy atom. The molecule has 0 amide bonds. The highest BCUT2D eigenvalue weighted by atomic mass is 35.5. The second kappa shape index (κ2) is 7.33. The van der Waals surface area contributed by atoms with Crippen LogP contribution in [0.3, 0.4) is 0 Å². The van der Waals surface area contributed by atoms with Crippen LogP contribution >= 0.6 is 22.9 Å². The Morgan fingerprint density at radius 3 is 2.79 bits per heavy atom. The van der Waals surface area contributed by atoms with Crippen LogP contribution in [0.4, 0.5) is 5.82 Å². The van der Waals surface area contributed by atoms with E-state index in [1.165, 1.54) is 16.0 Å². The maximum atomic E-state index is 11.8. The van der Waals surface area contributed by atoms with Gasteiger partial charge in [0.05, 0.1) is 5.39 Å². The van der Waals surface area contributed by atoms with Gasteiger partial charge in [0.15, 0.2) is 0 Å². The number of aliphatic carboxylic acids is 1. The zero-order valence-corrected chi connectivity index (χ0v) is 17.7. The number of hydrogen-bond acceptors (Lipinski definition) is 5. The summed E-state index contributed by atoms with van der Waals surface area (Å²) in [6.07, 6.45) is 2.30. The number of benzene rings is 1. The van der Waals surface area contributed by atoms with E-state index < -0.39 is 12.0 Å². The Kier molecular flexibility index (Phi) is 5.02. The van der Waals surface area contributed by atoms with Crippen molar-refractivity contribution in [3.8, 4) is 11.1 Å². The number of carboxylic acid groups (broad SMARTS) is 1. The third-order valence-corrected chi connectivity index (χ3v) is 6.90. The van der Waals surface area contributed by atoms with Crippen LogP contribution in [0.5, 0.6) is 0 Å². The van der Waals surface area contributed by atoms with E-state index in [1.807, 2.05) is 4.90 Å². The molecule has 0 aliphatic carbocycles. The minimum Gasteiger partial charge on any atom is -0.480 e. The van der Waals surface area contributed by atoms with Crippen molar-refractivity contribution in [1.29, 1.82) is 0 Å². The van der Waals surface area contributed by atoms with Crippen LogP contribution in [0.15, 0.2) is 18.2 Å². The molecule has 7 heteroatoms. The Balaban J connectivity index is 2.02. The smallest absolute Gasteiger partial charge is 0.326 e. The number of aryl methyl sites for hydroxylation is 3. The lowest BCUT2D eigenvalue weighted by Gasteiger charge is -2.24. The van der Waals surface area contributed by atoms with E-state index in [0.29, 0.717) is 18.8 Å². The van der Waals surface area contributed by atoms with Gasteiger partial charge < -0.3 is 10.0 Å². The number of anilines is 1. The highest BCUT2D eigenvalue weighted by Crippen LogP contribution is 2.44. The highest BCUT2D eigenvalue weighted by molar-refractivity contribution is 7.19. The lowest BCUT2D eigenvalue weighted by Crippen LogP contribution is -2.36. The van der Waals surface area contributed by atoms with Gasteiger partial charge in [0.2, 0.25) is 5.28 Å². The summed E-state index contributed by atoms with van der Waals surface area (Å²) in [5, 5.41) is 10.8. The summed E-state index contributed by atoms with van der Waals surface area (Å²) >= 11 is 7.85. The molecule has 2 aromatic heterocycles. The number of fused-ring (bicyclic) bond motifs is 1. The van der Waals surface area contributed by atoms with Gasteiger partial charge in [-0.05, 0) is 61.4 Å². The average molecular weight is 416 g/mol. The highest BCUT2D eigenvalue weighted by Gasteiger charge is 2.34. The molecule has 1 atom stereocenters. The fourth-order valence-electron chi connectivity index (χ4n) is 3.94. The molecule has 3 heterocycles. The number of nitrogens with zero attached hydrogens (tertiary/aromatic N) is 3. The summed E-state index contributed by atoms with van der Waals surface area (Å²) in [4.78, 5) is 24.7. The van der Waals surface area contributed by atoms with E-state index in [2.05, 4.69) is 48.9 Å². The fourth-order valence-corrected chi connectivity index (χ4v) is 5.28. The van der Waals surface area contributed by atoms with Gasteiger partial charge in [-0.2, -0.15) is 4.98 Å². The summed E-state index contributed by atoms with van der Waals surface area (Å²) in [6.45, 7) is 6.98. The summed E-state index contributed by atoms with van der Waals surface area (Å²) in [6, 6.07) is 5.86. The van der Waals surface area contributed by atoms with Gasteiger partial charge in [0.1, 0.15) is 16.7 Å². The number of thiophene rings is 1. The molecule has 3 aromatic rings. The van der Waals surface area contributed by atoms with Crippen LogP contribution in [0, 0.1) is 13.8 Å². The number of halogens is 1. The molecule has 1 aliphatic rings. The van der Waals surface area contributed by atoms with Gasteiger partial charge in [-0.3, -0.25) is 0 Å². The summed E-state index contributed by atoms with van der Waals surface area (Å²) in [5.41, 5.74) is 4.68. The number of hydrogen-bond donors (Lipinski definition) is 1. The Labute approximate surface area is 173 Å². The van der Waals surface area contributed by atoms with E-state index in [9.17, 15) is 9.90 Å². The van der Waals surface area contributed by atoms with Crippen molar-refractivity contribution in [3.63, 3.8) is 0 Å². The van der Waals surface area contributed by atoms with E-state index in [4.69, 9.17) is 11.6 Å². The molecule has 28 heavy (non-hydrogen) atoms. The fraction of sp³-hybridized carbons (Fsp3) is 0.381. The molecule has 1 saturated heterocycles. The van der Waals surface area contributed by atoms with E-state index >= 15 is 0 Å². The lowest BCUT2D eigenvalue weighted by atomic mass is 9.98. The molecular formula is C21H22ClN3O2S. The van der Waals surface area contributed by atoms with Gasteiger partial charge in [0.25, 0.3) is 0 Å². The first-order valence-corrected chi connectivity index (χ1v) is 10.7. The molecule has 5 nitrogen and oxygen atoms in total. The molecule has 1 N–H and O–H groups in total. The molecule has 0 spiro atoms. The van der Waals surface area contributed by atoms with Gasteiger partial charge in [-0.15, -0.1) is 11.3 Å². The van der Waals surface area contributed by atoms with Gasteiger partial charge in [-0.25, -0.2) is 9.78 Å². The van der Waals surface area contributed by atoms with Crippen LogP contribution in [0.1, 0.15) is 35.8 Å². The first-order chi connectivity index (χ1) is 13.4. The Bertz CT molecular complexity index is 1080. The van der Waals surface area contributed by atoms with Crippen molar-refractivity contribution >= 4 is 44.9 Å². The van der Waals surface area contributed by atoms with Crippen molar-refractivity contribution < 1.29 is 9.90 Å². The molecule has 1 aliphatic heterocycles. The van der Waals surface area contributed by atoms with Crippen molar-refractivity contribution in [1.82, 2.24) is 9.97 Å². The molecule has 1 fully saturated rings. The summed E-state index contributed by atoms with van der Waals surface area (Å²) < 4.78 is 0. The van der Waals surface area contributed by atoms with Gasteiger partial charge in [-0.1, -0.05) is 25.1 Å². The van der Waals surface area contributed by atoms with Crippen molar-refractivity contribution in [2.75, 3.05) is 11.4 Å². The second-order valence-electron chi connectivity index (χ2n) is 7.24. The monoisotopic (exact) mass is 415 g/mol. The van der Waals surface area contributed by atoms with Gasteiger partial charge >= 0.3 is 5.97 Å². The predicted molar refractivity (Wildman–Crippen MR) is 115 cm³/mol. The van der Waals surface area contributed by atoms with Crippen LogP contribution in [0.2, 0.25) is 5.28 Å². The average Bonchev–Trinajstić information content (AvgIpc) is 3.27. The molecule has 0 saturated carbocycles. The molecule has 0 bridgehead atoms. The zero-order chi connectivity index (χ0) is 20.0. The van der Waals surface area contributed by atoms with Crippen molar-refractivity contribution in [3.05, 3.63) is 39.5 Å². The molecule has 0 radical (unpaired) electrons. The van der Waals surface area contributed by atoms with Crippen LogP contribution < -0.4 is 4.90 Å². The van der Waals surface area contributed by atoms with Crippen LogP contribution in [-0.2, 0) is 11.2 Å². The van der Waals surface area contributed by atoms with E-state index in [1.54, 1.807) is 11.3 Å². The van der Waals surface area contributed by atoms with Crippen molar-refractivity contribution in [2.45, 2.75) is 46.1 Å². The standard InChI is InChI=1S/C21H22ClN3O2S/c1-4-15-16(13-8-7-11(2)12(3)10-13)17-18(23-21(22)24-19(17)28-15)25-9-5-6-14(25)20(26)27/h7-8,10,14H,4-6,9H2,1-3H3,(H,26,27). The number of rotatable bonds is 4. The van der Waals surface area contributed by atoms with Crippen molar-refractivity contribution in [2.24, 2.45) is 0 Å². The zero-order valence-electron chi connectivity index (χ0n) is 16.1. The normalized spacial score (nSPS) is 16.9. The minimum atomic E-state index is -0.820. The summed E-state index contributed by atoms with van der Waals surface area (Å²) in [5.74, 6) is -0.178. The predicted octanol–water partition coefficient (Wildman–Crippen LogP) is 5.24. The quantitative estimate of drug-likeness (QED) is 0.590. The maximum Gasteiger partial charge on any atom is 0.326 e. The third-order valence-electron chi connectivity index (χ3n) is 5.50. The first kappa shape index (κ1) is 19.2. The third kappa shape index (κ3) is 3.14. The SMILES string of the molecule is CCc1sc2nc(Cl)nc(N3CCCC3C(=O)O)c2c1-c1ccc(C)c(C)c1. The van der Waals surface area contributed by atoms with Crippen LogP contribution in [0.25, 0.3) is 21.3 Å². The first-order valence-electron chi connectivity index (χ1n) is 9.46. The number of carbonyl (C=O) groups is 1. The molecule has 146 valence electrons. The number of aromatic nitrogens is 2. The summed E-state index contributed by atoms with van der Waals surface area (Å²) in [7, 11) is 0. The molecular weight excluding hydrogens is 394 g/mol. The molecule has 1 unspecified atom stereocenters.